The van der Waals surface area contributed by atoms with E-state index in [1.807, 2.05) is 0 Å². The first-order valence-electron chi connectivity index (χ1n) is 3.68. The summed E-state index contributed by atoms with van der Waals surface area (Å²) in [5, 5.41) is 0. The van der Waals surface area contributed by atoms with Gasteiger partial charge in [0, 0.05) is 13.7 Å². The van der Waals surface area contributed by atoms with E-state index >= 15 is 0 Å². The number of hydrogen-bond acceptors (Lipinski definition) is 1. The van der Waals surface area contributed by atoms with E-state index in [1.54, 1.807) is 0 Å². The molecule has 0 aromatic heterocycles. The maximum atomic E-state index is 2.30. The van der Waals surface area contributed by atoms with Gasteiger partial charge in [-0.25, -0.2) is 0 Å². The maximum absolute atomic E-state index is 2.30. The molecule has 2 nitrogen and oxygen atoms in total. The molecule has 10 heavy (non-hydrogen) atoms. The van der Waals surface area contributed by atoms with Gasteiger partial charge in [0.05, 0.1) is 21.5 Å². The van der Waals surface area contributed by atoms with Crippen LogP contribution in [-0.2, 0) is 0 Å². The minimum Gasteiger partial charge on any atom is -0.329 e. The van der Waals surface area contributed by atoms with Crippen LogP contribution in [0, 0.1) is 0 Å². The monoisotopic (exact) mass is 159 g/mol. The zero-order chi connectivity index (χ0) is 7.61. The fraction of sp³-hybridized carbons (Fsp3) is 0.714. The van der Waals surface area contributed by atoms with Crippen molar-refractivity contribution in [1.82, 2.24) is 4.90 Å². The van der Waals surface area contributed by atoms with Crippen molar-refractivity contribution in [3.05, 3.63) is 12.4 Å². The summed E-state index contributed by atoms with van der Waals surface area (Å²) < 4.78 is 1.15. The van der Waals surface area contributed by atoms with E-state index in [9.17, 15) is 0 Å². The van der Waals surface area contributed by atoms with Crippen LogP contribution in [0.1, 0.15) is 6.92 Å². The molecule has 1 heterocycles. The molecule has 0 radical (unpaired) electrons. The van der Waals surface area contributed by atoms with E-state index in [0.29, 0.717) is 0 Å². The number of nitrogens with zero attached hydrogens (tertiary/aromatic N) is 2. The Hall–Kier alpha value is -0.0700. The standard InChI is InChI=1S/C7H16N2P/c1-4-9(10-3)6-5-8(2)7-9/h5-6,10H,4,7H2,1-3H3/q+1. The molecular formula is C7H16N2P+. The highest BCUT2D eigenvalue weighted by Crippen LogP contribution is 2.30. The Labute approximate surface area is 64.9 Å². The van der Waals surface area contributed by atoms with Crippen LogP contribution in [0.4, 0.5) is 0 Å². The predicted octanol–water partition coefficient (Wildman–Crippen LogP) is 1.42. The number of quaternary nitrogens is 1. The van der Waals surface area contributed by atoms with E-state index in [1.165, 1.54) is 6.54 Å². The highest BCUT2D eigenvalue weighted by Gasteiger charge is 2.26. The second-order valence-electron chi connectivity index (χ2n) is 2.77. The number of hydrogen-bond donors (Lipinski definition) is 0. The van der Waals surface area contributed by atoms with Crippen molar-refractivity contribution in [3.63, 3.8) is 0 Å². The molecule has 0 aromatic rings. The smallest absolute Gasteiger partial charge is 0.159 e. The molecule has 1 aliphatic heterocycles. The second kappa shape index (κ2) is 2.89. The normalized spacial score (nSPS) is 32.9. The first kappa shape index (κ1) is 8.03. The minimum atomic E-state index is 0.977. The highest BCUT2D eigenvalue weighted by atomic mass is 31.1. The van der Waals surface area contributed by atoms with Gasteiger partial charge < -0.3 is 4.90 Å². The molecule has 1 rings (SSSR count). The molecule has 2 atom stereocenters. The lowest BCUT2D eigenvalue weighted by molar-refractivity contribution is -0.748. The van der Waals surface area contributed by atoms with Crippen molar-refractivity contribution >= 4 is 8.73 Å². The van der Waals surface area contributed by atoms with Gasteiger partial charge in [0.2, 0.25) is 0 Å². The maximum Gasteiger partial charge on any atom is 0.159 e. The van der Waals surface area contributed by atoms with Gasteiger partial charge in [0.1, 0.15) is 6.20 Å². The van der Waals surface area contributed by atoms with Gasteiger partial charge in [0.15, 0.2) is 6.67 Å². The SMILES string of the molecule is CC[N+]1(PC)C=CN(C)C1. The average Bonchev–Trinajstić information content (AvgIpc) is 2.33. The van der Waals surface area contributed by atoms with Gasteiger partial charge in [-0.1, -0.05) is 0 Å². The second-order valence-corrected chi connectivity index (χ2v) is 4.11. The lowest BCUT2D eigenvalue weighted by atomic mass is 10.6. The molecule has 58 valence electrons. The first-order valence-corrected chi connectivity index (χ1v) is 5.12. The topological polar surface area (TPSA) is 3.24 Å². The molecule has 0 N–H and O–H groups in total. The van der Waals surface area contributed by atoms with Gasteiger partial charge in [-0.15, -0.1) is 0 Å². The van der Waals surface area contributed by atoms with Gasteiger partial charge in [-0.2, -0.15) is 0 Å². The Balaban J connectivity index is 2.61. The van der Waals surface area contributed by atoms with Gasteiger partial charge in [-0.3, -0.25) is 4.25 Å². The van der Waals surface area contributed by atoms with Crippen LogP contribution >= 0.6 is 8.73 Å². The molecule has 0 amide bonds. The van der Waals surface area contributed by atoms with Gasteiger partial charge in [0.25, 0.3) is 0 Å². The molecular weight excluding hydrogens is 143 g/mol. The third-order valence-electron chi connectivity index (χ3n) is 2.09. The molecule has 1 aliphatic rings. The lowest BCUT2D eigenvalue weighted by Gasteiger charge is -2.28. The third kappa shape index (κ3) is 1.33. The third-order valence-corrected chi connectivity index (χ3v) is 3.59. The highest BCUT2D eigenvalue weighted by molar-refractivity contribution is 7.30. The van der Waals surface area contributed by atoms with Crippen molar-refractivity contribution in [3.8, 4) is 0 Å². The summed E-state index contributed by atoms with van der Waals surface area (Å²) in [6, 6.07) is 0. The van der Waals surface area contributed by atoms with Crippen LogP contribution in [0.3, 0.4) is 0 Å². The fourth-order valence-electron chi connectivity index (χ4n) is 1.24. The summed E-state index contributed by atoms with van der Waals surface area (Å²) in [5.41, 5.74) is 0. The van der Waals surface area contributed by atoms with E-state index in [-0.39, 0.29) is 0 Å². The largest absolute Gasteiger partial charge is 0.329 e. The van der Waals surface area contributed by atoms with Crippen LogP contribution in [-0.4, -0.2) is 36.1 Å². The predicted molar refractivity (Wildman–Crippen MR) is 46.8 cm³/mol. The fourth-order valence-corrected chi connectivity index (χ4v) is 2.14. The molecule has 0 aliphatic carbocycles. The minimum absolute atomic E-state index is 0.977. The molecule has 0 saturated heterocycles. The molecule has 0 saturated carbocycles. The van der Waals surface area contributed by atoms with Gasteiger partial charge in [-0.05, 0) is 6.92 Å². The van der Waals surface area contributed by atoms with E-state index in [2.05, 4.69) is 37.9 Å². The summed E-state index contributed by atoms with van der Waals surface area (Å²) in [5.74, 6) is 0. The van der Waals surface area contributed by atoms with Crippen LogP contribution in [0.5, 0.6) is 0 Å². The van der Waals surface area contributed by atoms with Crippen LogP contribution in [0.2, 0.25) is 0 Å². The quantitative estimate of drug-likeness (QED) is 0.551. The summed E-state index contributed by atoms with van der Waals surface area (Å²) in [7, 11) is 3.11. The lowest BCUT2D eigenvalue weighted by Crippen LogP contribution is -2.35. The van der Waals surface area contributed by atoms with Crippen molar-refractivity contribution in [2.75, 3.05) is 26.9 Å². The summed E-state index contributed by atoms with van der Waals surface area (Å²) in [4.78, 5) is 2.25. The summed E-state index contributed by atoms with van der Waals surface area (Å²) >= 11 is 0. The zero-order valence-electron chi connectivity index (χ0n) is 6.96. The van der Waals surface area contributed by atoms with Crippen molar-refractivity contribution in [2.45, 2.75) is 6.92 Å². The molecule has 0 bridgehead atoms. The summed E-state index contributed by atoms with van der Waals surface area (Å²) in [6.45, 7) is 6.90. The average molecular weight is 159 g/mol. The first-order chi connectivity index (χ1) is 4.72. The Kier molecular flexibility index (Phi) is 2.32. The molecule has 2 unspecified atom stereocenters. The number of rotatable bonds is 2. The molecule has 0 aromatic carbocycles. The Bertz CT molecular complexity index is 141. The van der Waals surface area contributed by atoms with Crippen molar-refractivity contribution in [2.24, 2.45) is 0 Å². The van der Waals surface area contributed by atoms with E-state index in [0.717, 1.165) is 19.7 Å². The Morgan fingerprint density at radius 3 is 2.60 bits per heavy atom. The zero-order valence-corrected chi connectivity index (χ0v) is 7.96. The Morgan fingerprint density at radius 1 is 1.70 bits per heavy atom. The Morgan fingerprint density at radius 2 is 2.40 bits per heavy atom. The van der Waals surface area contributed by atoms with E-state index in [4.69, 9.17) is 0 Å². The van der Waals surface area contributed by atoms with Crippen molar-refractivity contribution in [1.29, 1.82) is 0 Å². The van der Waals surface area contributed by atoms with Crippen LogP contribution < -0.4 is 0 Å². The van der Waals surface area contributed by atoms with Crippen molar-refractivity contribution < 1.29 is 4.25 Å². The van der Waals surface area contributed by atoms with Crippen LogP contribution in [0.25, 0.3) is 0 Å². The molecule has 0 spiro atoms. The summed E-state index contributed by atoms with van der Waals surface area (Å²) in [6.07, 6.45) is 4.48. The molecule has 3 heteroatoms. The molecule has 0 fully saturated rings. The van der Waals surface area contributed by atoms with E-state index < -0.39 is 0 Å². The van der Waals surface area contributed by atoms with Crippen LogP contribution in [0.15, 0.2) is 12.4 Å². The van der Waals surface area contributed by atoms with Gasteiger partial charge >= 0.3 is 0 Å².